The molecule has 6 rings (SSSR count). The summed E-state index contributed by atoms with van der Waals surface area (Å²) in [6.45, 7) is 0. The summed E-state index contributed by atoms with van der Waals surface area (Å²) in [4.78, 5) is 32.8. The van der Waals surface area contributed by atoms with E-state index in [2.05, 4.69) is 39.9 Å². The third-order valence-electron chi connectivity index (χ3n) is 4.52. The Hall–Kier alpha value is -4.01. The molecule has 0 bridgehead atoms. The zero-order chi connectivity index (χ0) is 24.7. The molecule has 9 nitrogen and oxygen atoms in total. The first-order valence-corrected chi connectivity index (χ1v) is 11.1. The molecule has 0 atom stereocenters. The summed E-state index contributed by atoms with van der Waals surface area (Å²) in [6.07, 6.45) is 13.7. The second-order valence-corrected chi connectivity index (χ2v) is 7.00. The molecular weight excluding hydrogens is 770 g/mol. The van der Waals surface area contributed by atoms with Crippen molar-refractivity contribution in [2.75, 3.05) is 0 Å². The second kappa shape index (κ2) is 20.9. The molecule has 0 aromatic carbocycles. The third kappa shape index (κ3) is 11.8. The van der Waals surface area contributed by atoms with E-state index in [1.165, 1.54) is 0 Å². The first-order chi connectivity index (χ1) is 17.9. The molecule has 6 heterocycles. The van der Waals surface area contributed by atoms with Crippen LogP contribution in [0, 0.1) is 7.43 Å². The van der Waals surface area contributed by atoms with E-state index in [1.54, 1.807) is 61.7 Å². The summed E-state index contributed by atoms with van der Waals surface area (Å²) in [5.74, 6) is 1.11. The average molecular weight is 797 g/mol. The fourth-order valence-electron chi connectivity index (χ4n) is 2.89. The minimum Gasteiger partial charge on any atom is -0.412 e. The maximum atomic E-state index is 4.19. The van der Waals surface area contributed by atoms with Crippen molar-refractivity contribution in [3.05, 3.63) is 142 Å². The van der Waals surface area contributed by atoms with E-state index >= 15 is 0 Å². The molecule has 0 saturated carbocycles. The Morgan fingerprint density at radius 1 is 0.325 bits per heavy atom. The maximum absolute atomic E-state index is 4.19. The number of pyridine rings is 4. The van der Waals surface area contributed by atoms with Crippen LogP contribution in [0.25, 0.3) is 34.4 Å². The second-order valence-electron chi connectivity index (χ2n) is 7.00. The van der Waals surface area contributed by atoms with E-state index in [0.29, 0.717) is 11.6 Å². The van der Waals surface area contributed by atoms with Gasteiger partial charge in [0.25, 0.3) is 0 Å². The number of rotatable bonds is 3. The van der Waals surface area contributed by atoms with Crippen molar-refractivity contribution < 1.29 is 45.1 Å². The van der Waals surface area contributed by atoms with E-state index in [0.717, 1.165) is 22.8 Å². The summed E-state index contributed by atoms with van der Waals surface area (Å²) < 4.78 is 0. The van der Waals surface area contributed by atoms with Crippen molar-refractivity contribution in [1.82, 2.24) is 39.9 Å². The monoisotopic (exact) mass is 798 g/mol. The van der Waals surface area contributed by atoms with Gasteiger partial charge in [0.2, 0.25) is 0 Å². The van der Waals surface area contributed by atoms with Crippen LogP contribution in [0.15, 0.2) is 135 Å². The number of aromatic nitrogens is 8. The van der Waals surface area contributed by atoms with E-state index in [4.69, 9.17) is 0 Å². The predicted octanol–water partition coefficient (Wildman–Crippen LogP) is 4.84. The Labute approximate surface area is 260 Å². The maximum Gasteiger partial charge on any atom is 0.197 e. The minimum absolute atomic E-state index is 0. The first kappa shape index (κ1) is 36.0. The molecule has 0 saturated heterocycles. The Morgan fingerprint density at radius 3 is 0.750 bits per heavy atom. The molecule has 0 unspecified atom stereocenters. The van der Waals surface area contributed by atoms with Gasteiger partial charge in [-0.05, 0) is 60.7 Å². The summed E-state index contributed by atoms with van der Waals surface area (Å²) in [7, 11) is 0. The minimum atomic E-state index is 0. The van der Waals surface area contributed by atoms with Crippen LogP contribution in [-0.4, -0.2) is 45.3 Å². The van der Waals surface area contributed by atoms with Crippen molar-refractivity contribution in [3.63, 3.8) is 0 Å². The third-order valence-corrected chi connectivity index (χ3v) is 4.52. The summed E-state index contributed by atoms with van der Waals surface area (Å²) in [5, 5.41) is 0. The molecule has 40 heavy (non-hydrogen) atoms. The molecule has 0 fully saturated rings. The van der Waals surface area contributed by atoms with Crippen LogP contribution in [0.4, 0.5) is 0 Å². The van der Waals surface area contributed by atoms with Gasteiger partial charge in [0, 0.05) is 89.2 Å². The zero-order valence-electron chi connectivity index (χ0n) is 21.5. The summed E-state index contributed by atoms with van der Waals surface area (Å²) >= 11 is 0. The van der Waals surface area contributed by atoms with Gasteiger partial charge < -0.3 is 12.9 Å². The topological polar surface area (TPSA) is 135 Å². The molecule has 207 valence electrons. The smallest absolute Gasteiger partial charge is 0.197 e. The van der Waals surface area contributed by atoms with Gasteiger partial charge in [0.15, 0.2) is 11.6 Å². The molecule has 6 aromatic heterocycles. The molecule has 0 aliphatic carbocycles. The first-order valence-electron chi connectivity index (χ1n) is 11.1. The number of hydrogen-bond acceptors (Lipinski definition) is 8. The van der Waals surface area contributed by atoms with Gasteiger partial charge in [-0.25, -0.2) is 19.9 Å². The molecule has 0 spiro atoms. The van der Waals surface area contributed by atoms with Gasteiger partial charge in [0.05, 0.1) is 22.8 Å². The molecule has 2 N–H and O–H groups in total. The van der Waals surface area contributed by atoms with Crippen LogP contribution in [0.1, 0.15) is 0 Å². The quantitative estimate of drug-likeness (QED) is 0.184. The van der Waals surface area contributed by atoms with Crippen LogP contribution in [0.3, 0.4) is 0 Å². The van der Waals surface area contributed by atoms with E-state index < -0.39 is 0 Å². The van der Waals surface area contributed by atoms with E-state index in [1.807, 2.05) is 72.8 Å². The number of hydrogen-bond donors (Lipinski definition) is 0. The zero-order valence-corrected chi connectivity index (χ0v) is 25.6. The van der Waals surface area contributed by atoms with E-state index in [-0.39, 0.29) is 52.5 Å². The summed E-state index contributed by atoms with van der Waals surface area (Å²) in [5.41, 5.74) is 3.66. The van der Waals surface area contributed by atoms with Gasteiger partial charge in [-0.2, -0.15) is 0 Å². The van der Waals surface area contributed by atoms with Gasteiger partial charge in [-0.1, -0.05) is 24.3 Å². The molecule has 1 radical (unpaired) electrons. The molecule has 6 aromatic rings. The van der Waals surface area contributed by atoms with Crippen molar-refractivity contribution in [2.45, 2.75) is 0 Å². The normalized spacial score (nSPS) is 8.70. The predicted molar refractivity (Wildman–Crippen MR) is 148 cm³/mol. The molecule has 0 aliphatic heterocycles. The Balaban J connectivity index is 0.000000543. The molecule has 11 heteroatoms. The molecular formula is C29H27IrN8ORu-. The fraction of sp³-hybridized carbons (Fsp3) is 0. The molecule has 0 aliphatic rings. The van der Waals surface area contributed by atoms with Crippen molar-refractivity contribution in [2.24, 2.45) is 0 Å². The fourth-order valence-corrected chi connectivity index (χ4v) is 2.89. The average Bonchev–Trinajstić information content (AvgIpc) is 3.01. The molecule has 0 amide bonds. The van der Waals surface area contributed by atoms with E-state index in [9.17, 15) is 0 Å². The largest absolute Gasteiger partial charge is 0.412 e. The summed E-state index contributed by atoms with van der Waals surface area (Å²) in [6, 6.07) is 26.7. The van der Waals surface area contributed by atoms with Gasteiger partial charge in [-0.15, -0.1) is 0 Å². The van der Waals surface area contributed by atoms with Crippen LogP contribution in [-0.2, 0) is 39.6 Å². The SMILES string of the molecule is O.[CH3-].[Ir].[Ru].c1ccc(-c2ccccn2)nc1.c1ccc(-c2ccccn2)nc1.c1cnc(-c2ncccn2)nc1. The van der Waals surface area contributed by atoms with Crippen molar-refractivity contribution in [3.8, 4) is 34.4 Å². The van der Waals surface area contributed by atoms with Crippen LogP contribution in [0.2, 0.25) is 0 Å². The van der Waals surface area contributed by atoms with Crippen LogP contribution >= 0.6 is 0 Å². The Morgan fingerprint density at radius 2 is 0.550 bits per heavy atom. The Kier molecular flexibility index (Phi) is 18.8. The Bertz CT molecular complexity index is 1120. The standard InChI is InChI=1S/2C10H8N2.C8H6N4.CH3.Ir.H2O.Ru/c2*1-3-7-11-9(5-1)10-6-2-4-8-12-10;1-3-9-7(10-4-1)8-11-5-2-6-12-8;;;;/h2*1-8H;1-6H;1H3;;1H2;/q;;;-1;;;. The van der Waals surface area contributed by atoms with Crippen LogP contribution < -0.4 is 0 Å². The van der Waals surface area contributed by atoms with Crippen molar-refractivity contribution in [1.29, 1.82) is 0 Å². The van der Waals surface area contributed by atoms with Crippen LogP contribution in [0.5, 0.6) is 0 Å². The van der Waals surface area contributed by atoms with Gasteiger partial charge in [-0.3, -0.25) is 19.9 Å². The van der Waals surface area contributed by atoms with Gasteiger partial charge in [0.1, 0.15) is 0 Å². The van der Waals surface area contributed by atoms with Crippen molar-refractivity contribution >= 4 is 0 Å². The van der Waals surface area contributed by atoms with Gasteiger partial charge >= 0.3 is 0 Å². The number of nitrogens with zero attached hydrogens (tertiary/aromatic N) is 8.